The van der Waals surface area contributed by atoms with Gasteiger partial charge in [-0.25, -0.2) is 4.68 Å². The Kier molecular flexibility index (Phi) is 6.49. The van der Waals surface area contributed by atoms with E-state index in [1.807, 2.05) is 43.3 Å². The molecule has 28 heavy (non-hydrogen) atoms. The molecule has 0 aliphatic heterocycles. The number of anilines is 2. The first kappa shape index (κ1) is 20.1. The standard InChI is InChI=1S/C20H21ClN4O2S/c1-24(2)15-5-3-14(4-6-15)13-25-19(11-12-22-25)23-20(27)10-7-16(26)17-8-9-18(21)28-17/h3-6,8-9,11-12H,7,10,13H2,1-2H3,(H,23,27). The Bertz CT molecular complexity index is 963. The highest BCUT2D eigenvalue weighted by Crippen LogP contribution is 2.23. The summed E-state index contributed by atoms with van der Waals surface area (Å²) in [7, 11) is 3.99. The van der Waals surface area contributed by atoms with E-state index in [9.17, 15) is 9.59 Å². The van der Waals surface area contributed by atoms with Crippen molar-refractivity contribution in [3.05, 3.63) is 63.4 Å². The molecular weight excluding hydrogens is 396 g/mol. The number of hydrogen-bond acceptors (Lipinski definition) is 5. The Morgan fingerprint density at radius 3 is 2.50 bits per heavy atom. The summed E-state index contributed by atoms with van der Waals surface area (Å²) in [6, 6.07) is 13.3. The summed E-state index contributed by atoms with van der Waals surface area (Å²) in [6.07, 6.45) is 1.89. The molecule has 0 aliphatic carbocycles. The molecule has 3 rings (SSSR count). The number of aromatic nitrogens is 2. The van der Waals surface area contributed by atoms with Gasteiger partial charge in [-0.15, -0.1) is 11.3 Å². The first-order valence-electron chi connectivity index (χ1n) is 8.79. The monoisotopic (exact) mass is 416 g/mol. The number of carbonyl (C=O) groups excluding carboxylic acids is 2. The van der Waals surface area contributed by atoms with Crippen molar-refractivity contribution in [1.29, 1.82) is 0 Å². The van der Waals surface area contributed by atoms with E-state index in [4.69, 9.17) is 11.6 Å². The predicted octanol–water partition coefficient (Wildman–Crippen LogP) is 4.31. The van der Waals surface area contributed by atoms with Gasteiger partial charge in [-0.3, -0.25) is 9.59 Å². The maximum atomic E-state index is 12.2. The maximum Gasteiger partial charge on any atom is 0.225 e. The van der Waals surface area contributed by atoms with Crippen molar-refractivity contribution >= 4 is 46.1 Å². The molecule has 0 fully saturated rings. The topological polar surface area (TPSA) is 67.2 Å². The van der Waals surface area contributed by atoms with E-state index < -0.39 is 0 Å². The van der Waals surface area contributed by atoms with Crippen LogP contribution >= 0.6 is 22.9 Å². The van der Waals surface area contributed by atoms with Crippen LogP contribution in [0.3, 0.4) is 0 Å². The van der Waals surface area contributed by atoms with E-state index in [2.05, 4.69) is 10.4 Å². The molecule has 146 valence electrons. The van der Waals surface area contributed by atoms with Gasteiger partial charge in [0.2, 0.25) is 5.91 Å². The van der Waals surface area contributed by atoms with Gasteiger partial charge in [-0.2, -0.15) is 5.10 Å². The van der Waals surface area contributed by atoms with Gasteiger partial charge in [-0.1, -0.05) is 23.7 Å². The van der Waals surface area contributed by atoms with E-state index in [0.29, 0.717) is 21.6 Å². The fourth-order valence-electron chi connectivity index (χ4n) is 2.66. The van der Waals surface area contributed by atoms with Crippen molar-refractivity contribution in [3.8, 4) is 0 Å². The van der Waals surface area contributed by atoms with Crippen molar-refractivity contribution in [2.45, 2.75) is 19.4 Å². The van der Waals surface area contributed by atoms with Crippen LogP contribution in [0.1, 0.15) is 28.1 Å². The minimum atomic E-state index is -0.222. The smallest absolute Gasteiger partial charge is 0.225 e. The second kappa shape index (κ2) is 9.03. The van der Waals surface area contributed by atoms with Gasteiger partial charge < -0.3 is 10.2 Å². The number of thiophene rings is 1. The van der Waals surface area contributed by atoms with E-state index in [1.54, 1.807) is 29.1 Å². The summed E-state index contributed by atoms with van der Waals surface area (Å²) in [4.78, 5) is 27.0. The van der Waals surface area contributed by atoms with Gasteiger partial charge in [-0.05, 0) is 29.8 Å². The van der Waals surface area contributed by atoms with E-state index >= 15 is 0 Å². The lowest BCUT2D eigenvalue weighted by molar-refractivity contribution is -0.116. The predicted molar refractivity (Wildman–Crippen MR) is 114 cm³/mol. The summed E-state index contributed by atoms with van der Waals surface area (Å²) < 4.78 is 2.29. The van der Waals surface area contributed by atoms with Gasteiger partial charge >= 0.3 is 0 Å². The Balaban J connectivity index is 1.56. The van der Waals surface area contributed by atoms with Crippen LogP contribution in [0.25, 0.3) is 0 Å². The highest BCUT2D eigenvalue weighted by atomic mass is 35.5. The molecule has 3 aromatic rings. The third-order valence-electron chi connectivity index (χ3n) is 4.20. The minimum absolute atomic E-state index is 0.0819. The third kappa shape index (κ3) is 5.21. The molecule has 1 amide bonds. The van der Waals surface area contributed by atoms with Crippen molar-refractivity contribution in [2.75, 3.05) is 24.3 Å². The highest BCUT2D eigenvalue weighted by Gasteiger charge is 2.13. The van der Waals surface area contributed by atoms with Crippen molar-refractivity contribution in [1.82, 2.24) is 9.78 Å². The molecule has 1 N–H and O–H groups in total. The van der Waals surface area contributed by atoms with Crippen LogP contribution in [0, 0.1) is 0 Å². The fourth-order valence-corrected chi connectivity index (χ4v) is 3.67. The number of nitrogens with zero attached hydrogens (tertiary/aromatic N) is 3. The van der Waals surface area contributed by atoms with E-state index in [0.717, 1.165) is 11.3 Å². The zero-order valence-corrected chi connectivity index (χ0v) is 17.3. The molecule has 1 aromatic carbocycles. The molecule has 0 unspecified atom stereocenters. The summed E-state index contributed by atoms with van der Waals surface area (Å²) in [5, 5.41) is 7.11. The quantitative estimate of drug-likeness (QED) is 0.555. The number of carbonyl (C=O) groups is 2. The zero-order chi connectivity index (χ0) is 20.1. The van der Waals surface area contributed by atoms with Gasteiger partial charge in [0.05, 0.1) is 22.0 Å². The molecule has 0 atom stereocenters. The molecule has 6 nitrogen and oxygen atoms in total. The molecule has 0 spiro atoms. The number of nitrogens with one attached hydrogen (secondary N) is 1. The largest absolute Gasteiger partial charge is 0.378 e. The molecule has 0 aliphatic rings. The number of benzene rings is 1. The number of amides is 1. The van der Waals surface area contributed by atoms with Crippen molar-refractivity contribution in [3.63, 3.8) is 0 Å². The van der Waals surface area contributed by atoms with Crippen molar-refractivity contribution in [2.24, 2.45) is 0 Å². The van der Waals surface area contributed by atoms with Gasteiger partial charge in [0.25, 0.3) is 0 Å². The van der Waals surface area contributed by atoms with Crippen LogP contribution in [0.5, 0.6) is 0 Å². The molecule has 0 bridgehead atoms. The Morgan fingerprint density at radius 2 is 1.86 bits per heavy atom. The number of hydrogen-bond donors (Lipinski definition) is 1. The summed E-state index contributed by atoms with van der Waals surface area (Å²) in [6.45, 7) is 0.545. The number of halogens is 1. The lowest BCUT2D eigenvalue weighted by Gasteiger charge is -2.13. The van der Waals surface area contributed by atoms with Gasteiger partial charge in [0.1, 0.15) is 5.82 Å². The average Bonchev–Trinajstić information content (AvgIpc) is 3.29. The Morgan fingerprint density at radius 1 is 1.11 bits per heavy atom. The van der Waals surface area contributed by atoms with Crippen LogP contribution in [0.2, 0.25) is 4.34 Å². The maximum absolute atomic E-state index is 12.2. The number of Topliss-reactive ketones (excluding diaryl/α,β-unsaturated/α-hetero) is 1. The molecule has 2 heterocycles. The normalized spacial score (nSPS) is 10.7. The minimum Gasteiger partial charge on any atom is -0.378 e. The van der Waals surface area contributed by atoms with Crippen molar-refractivity contribution < 1.29 is 9.59 Å². The fraction of sp³-hybridized carbons (Fsp3) is 0.250. The summed E-state index contributed by atoms with van der Waals surface area (Å²) in [5.41, 5.74) is 2.20. The molecule has 0 saturated carbocycles. The Labute approximate surface area is 172 Å². The Hall–Kier alpha value is -2.64. The second-order valence-electron chi connectivity index (χ2n) is 6.51. The molecule has 2 aromatic heterocycles. The van der Waals surface area contributed by atoms with Gasteiger partial charge in [0.15, 0.2) is 5.78 Å². The second-order valence-corrected chi connectivity index (χ2v) is 8.23. The molecule has 8 heteroatoms. The van der Waals surface area contributed by atoms with Gasteiger partial charge in [0, 0.05) is 38.7 Å². The molecule has 0 saturated heterocycles. The van der Waals surface area contributed by atoms with Crippen LogP contribution in [0.4, 0.5) is 11.5 Å². The number of ketones is 1. The van der Waals surface area contributed by atoms with E-state index in [1.165, 1.54) is 11.3 Å². The summed E-state index contributed by atoms with van der Waals surface area (Å²) in [5.74, 6) is 0.301. The zero-order valence-electron chi connectivity index (χ0n) is 15.7. The van der Waals surface area contributed by atoms with E-state index in [-0.39, 0.29) is 24.5 Å². The SMILES string of the molecule is CN(C)c1ccc(Cn2nccc2NC(=O)CCC(=O)c2ccc(Cl)s2)cc1. The first-order valence-corrected chi connectivity index (χ1v) is 9.98. The first-order chi connectivity index (χ1) is 13.4. The highest BCUT2D eigenvalue weighted by molar-refractivity contribution is 7.18. The average molecular weight is 417 g/mol. The third-order valence-corrected chi connectivity index (χ3v) is 5.47. The van der Waals surface area contributed by atoms with Crippen LogP contribution in [-0.4, -0.2) is 35.6 Å². The lowest BCUT2D eigenvalue weighted by atomic mass is 10.2. The number of rotatable bonds is 8. The summed E-state index contributed by atoms with van der Waals surface area (Å²) >= 11 is 7.07. The molecule has 0 radical (unpaired) electrons. The van der Waals surface area contributed by atoms with Crippen LogP contribution < -0.4 is 10.2 Å². The van der Waals surface area contributed by atoms with Crippen LogP contribution in [-0.2, 0) is 11.3 Å². The lowest BCUT2D eigenvalue weighted by Crippen LogP contribution is -2.17. The van der Waals surface area contributed by atoms with Crippen LogP contribution in [0.15, 0.2) is 48.7 Å². The molecular formula is C20H21ClN4O2S.